The molecule has 0 bridgehead atoms. The van der Waals surface area contributed by atoms with E-state index >= 15 is 0 Å². The summed E-state index contributed by atoms with van der Waals surface area (Å²) in [7, 11) is 0. The number of halogens is 2. The highest BCUT2D eigenvalue weighted by Gasteiger charge is 2.28. The molecule has 3 nitrogen and oxygen atoms in total. The molecule has 1 aromatic carbocycles. The molecule has 1 amide bonds. The van der Waals surface area contributed by atoms with Crippen LogP contribution < -0.4 is 5.73 Å². The summed E-state index contributed by atoms with van der Waals surface area (Å²) in [6.07, 6.45) is 0.587. The maximum absolute atomic E-state index is 11.7. The molecule has 0 radical (unpaired) electrons. The molecule has 5 heteroatoms. The van der Waals surface area contributed by atoms with E-state index in [-0.39, 0.29) is 18.3 Å². The maximum atomic E-state index is 11.7. The fourth-order valence-corrected chi connectivity index (χ4v) is 2.10. The Morgan fingerprint density at radius 3 is 2.53 bits per heavy atom. The van der Waals surface area contributed by atoms with Gasteiger partial charge in [-0.25, -0.2) is 0 Å². The first kappa shape index (κ1) is 14.3. The predicted octanol–water partition coefficient (Wildman–Crippen LogP) is 2.07. The van der Waals surface area contributed by atoms with Crippen molar-refractivity contribution in [1.82, 2.24) is 4.90 Å². The molecule has 1 saturated heterocycles. The van der Waals surface area contributed by atoms with E-state index in [4.69, 9.17) is 17.3 Å². The van der Waals surface area contributed by atoms with Crippen LogP contribution in [0.4, 0.5) is 0 Å². The highest BCUT2D eigenvalue weighted by molar-refractivity contribution is 6.30. The van der Waals surface area contributed by atoms with Gasteiger partial charge in [-0.15, -0.1) is 12.4 Å². The normalized spacial score (nSPS) is 19.3. The van der Waals surface area contributed by atoms with Gasteiger partial charge in [0.05, 0.1) is 0 Å². The van der Waals surface area contributed by atoms with Gasteiger partial charge >= 0.3 is 0 Å². The van der Waals surface area contributed by atoms with E-state index in [2.05, 4.69) is 0 Å². The molecule has 17 heavy (non-hydrogen) atoms. The second-order valence-electron chi connectivity index (χ2n) is 4.21. The SMILES string of the molecule is Cl.NCC1CC(=O)N(Cc2ccc(Cl)cc2)C1. The molecule has 0 aliphatic carbocycles. The summed E-state index contributed by atoms with van der Waals surface area (Å²) in [5.74, 6) is 0.519. The van der Waals surface area contributed by atoms with Gasteiger partial charge in [0.15, 0.2) is 0 Å². The van der Waals surface area contributed by atoms with Crippen LogP contribution in [0.2, 0.25) is 5.02 Å². The average molecular weight is 275 g/mol. The first-order valence-electron chi connectivity index (χ1n) is 5.41. The molecule has 0 aromatic heterocycles. The molecule has 1 heterocycles. The lowest BCUT2D eigenvalue weighted by Crippen LogP contribution is -2.25. The van der Waals surface area contributed by atoms with Gasteiger partial charge in [-0.3, -0.25) is 4.79 Å². The Morgan fingerprint density at radius 2 is 2.00 bits per heavy atom. The Morgan fingerprint density at radius 1 is 1.35 bits per heavy atom. The standard InChI is InChI=1S/C12H15ClN2O.ClH/c13-11-3-1-9(2-4-11)7-15-8-10(6-14)5-12(15)16;/h1-4,10H,5-8,14H2;1H. The molecular weight excluding hydrogens is 259 g/mol. The van der Waals surface area contributed by atoms with Crippen molar-refractivity contribution in [1.29, 1.82) is 0 Å². The Balaban J connectivity index is 0.00000144. The van der Waals surface area contributed by atoms with Crippen LogP contribution in [0.3, 0.4) is 0 Å². The molecule has 1 aromatic rings. The summed E-state index contributed by atoms with van der Waals surface area (Å²) in [5.41, 5.74) is 6.68. The van der Waals surface area contributed by atoms with Crippen molar-refractivity contribution in [2.45, 2.75) is 13.0 Å². The minimum atomic E-state index is 0. The highest BCUT2D eigenvalue weighted by atomic mass is 35.5. The summed E-state index contributed by atoms with van der Waals surface area (Å²) in [6.45, 7) is 2.02. The van der Waals surface area contributed by atoms with E-state index in [1.807, 2.05) is 29.2 Å². The van der Waals surface area contributed by atoms with E-state index in [9.17, 15) is 4.79 Å². The average Bonchev–Trinajstić information content (AvgIpc) is 2.63. The summed E-state index contributed by atoms with van der Waals surface area (Å²) in [6, 6.07) is 7.59. The summed E-state index contributed by atoms with van der Waals surface area (Å²) >= 11 is 5.81. The summed E-state index contributed by atoms with van der Waals surface area (Å²) in [4.78, 5) is 13.5. The first-order chi connectivity index (χ1) is 7.69. The molecular formula is C12H16Cl2N2O. The van der Waals surface area contributed by atoms with Crippen LogP contribution in [0.1, 0.15) is 12.0 Å². The molecule has 1 atom stereocenters. The van der Waals surface area contributed by atoms with E-state index in [1.54, 1.807) is 0 Å². The van der Waals surface area contributed by atoms with Gasteiger partial charge in [-0.05, 0) is 30.2 Å². The van der Waals surface area contributed by atoms with Gasteiger partial charge in [-0.2, -0.15) is 0 Å². The van der Waals surface area contributed by atoms with Crippen molar-refractivity contribution in [2.24, 2.45) is 11.7 Å². The van der Waals surface area contributed by atoms with Crippen LogP contribution in [0, 0.1) is 5.92 Å². The van der Waals surface area contributed by atoms with E-state index in [0.717, 1.165) is 17.1 Å². The van der Waals surface area contributed by atoms with Gasteiger partial charge < -0.3 is 10.6 Å². The van der Waals surface area contributed by atoms with Crippen LogP contribution in [-0.2, 0) is 11.3 Å². The number of amides is 1. The lowest BCUT2D eigenvalue weighted by molar-refractivity contribution is -0.128. The highest BCUT2D eigenvalue weighted by Crippen LogP contribution is 2.19. The zero-order valence-electron chi connectivity index (χ0n) is 9.43. The molecule has 0 saturated carbocycles. The molecule has 0 spiro atoms. The third-order valence-electron chi connectivity index (χ3n) is 2.91. The van der Waals surface area contributed by atoms with Crippen molar-refractivity contribution in [3.63, 3.8) is 0 Å². The smallest absolute Gasteiger partial charge is 0.223 e. The van der Waals surface area contributed by atoms with E-state index < -0.39 is 0 Å². The number of hydrogen-bond donors (Lipinski definition) is 1. The molecule has 2 N–H and O–H groups in total. The molecule has 2 rings (SSSR count). The minimum Gasteiger partial charge on any atom is -0.338 e. The van der Waals surface area contributed by atoms with Gasteiger partial charge in [0.25, 0.3) is 0 Å². The lowest BCUT2D eigenvalue weighted by Gasteiger charge is -2.16. The maximum Gasteiger partial charge on any atom is 0.223 e. The van der Waals surface area contributed by atoms with Crippen molar-refractivity contribution < 1.29 is 4.79 Å². The predicted molar refractivity (Wildman–Crippen MR) is 71.3 cm³/mol. The Bertz CT molecular complexity index is 381. The van der Waals surface area contributed by atoms with Gasteiger partial charge in [0.2, 0.25) is 5.91 Å². The van der Waals surface area contributed by atoms with Crippen LogP contribution in [0.25, 0.3) is 0 Å². The van der Waals surface area contributed by atoms with Crippen molar-refractivity contribution in [3.8, 4) is 0 Å². The lowest BCUT2D eigenvalue weighted by atomic mass is 10.1. The molecule has 94 valence electrons. The first-order valence-corrected chi connectivity index (χ1v) is 5.79. The molecule has 1 aliphatic heterocycles. The largest absolute Gasteiger partial charge is 0.338 e. The Labute approximate surface area is 112 Å². The quantitative estimate of drug-likeness (QED) is 0.917. The Kier molecular flexibility index (Phi) is 5.25. The van der Waals surface area contributed by atoms with Crippen molar-refractivity contribution in [2.75, 3.05) is 13.1 Å². The van der Waals surface area contributed by atoms with Crippen molar-refractivity contribution in [3.05, 3.63) is 34.9 Å². The number of hydrogen-bond acceptors (Lipinski definition) is 2. The van der Waals surface area contributed by atoms with E-state index in [0.29, 0.717) is 25.4 Å². The molecule has 1 unspecified atom stereocenters. The van der Waals surface area contributed by atoms with Gasteiger partial charge in [-0.1, -0.05) is 23.7 Å². The summed E-state index contributed by atoms with van der Waals surface area (Å²) < 4.78 is 0. The van der Waals surface area contributed by atoms with Crippen LogP contribution in [-0.4, -0.2) is 23.9 Å². The number of carbonyl (C=O) groups excluding carboxylic acids is 1. The van der Waals surface area contributed by atoms with Gasteiger partial charge in [0.1, 0.15) is 0 Å². The number of likely N-dealkylation sites (tertiary alicyclic amines) is 1. The monoisotopic (exact) mass is 274 g/mol. The minimum absolute atomic E-state index is 0. The number of nitrogens with two attached hydrogens (primary N) is 1. The summed E-state index contributed by atoms with van der Waals surface area (Å²) in [5, 5.41) is 0.719. The van der Waals surface area contributed by atoms with Crippen LogP contribution in [0.5, 0.6) is 0 Å². The van der Waals surface area contributed by atoms with Gasteiger partial charge in [0, 0.05) is 24.5 Å². The second-order valence-corrected chi connectivity index (χ2v) is 4.64. The number of rotatable bonds is 3. The van der Waals surface area contributed by atoms with Crippen LogP contribution in [0.15, 0.2) is 24.3 Å². The fourth-order valence-electron chi connectivity index (χ4n) is 1.97. The Hall–Kier alpha value is -0.770. The molecule has 1 fully saturated rings. The molecule has 1 aliphatic rings. The number of carbonyl (C=O) groups is 1. The number of benzene rings is 1. The third kappa shape index (κ3) is 3.60. The van der Waals surface area contributed by atoms with Crippen molar-refractivity contribution >= 4 is 29.9 Å². The van der Waals surface area contributed by atoms with E-state index in [1.165, 1.54) is 0 Å². The van der Waals surface area contributed by atoms with Crippen LogP contribution >= 0.6 is 24.0 Å². The topological polar surface area (TPSA) is 46.3 Å². The number of nitrogens with zero attached hydrogens (tertiary/aromatic N) is 1. The fraction of sp³-hybridized carbons (Fsp3) is 0.417. The second kappa shape index (κ2) is 6.24. The zero-order chi connectivity index (χ0) is 11.5. The third-order valence-corrected chi connectivity index (χ3v) is 3.17. The zero-order valence-corrected chi connectivity index (χ0v) is 11.0.